The summed E-state index contributed by atoms with van der Waals surface area (Å²) in [6, 6.07) is 33.4. The molecule has 50 heavy (non-hydrogen) atoms. The summed E-state index contributed by atoms with van der Waals surface area (Å²) < 4.78 is 0. The second kappa shape index (κ2) is 19.3. The predicted molar refractivity (Wildman–Crippen MR) is 225 cm³/mol. The Morgan fingerprint density at radius 1 is 0.260 bits per heavy atom. The Bertz CT molecular complexity index is 1800. The van der Waals surface area contributed by atoms with E-state index >= 15 is 0 Å². The first-order chi connectivity index (χ1) is 24.8. The van der Waals surface area contributed by atoms with Gasteiger partial charge < -0.3 is 0 Å². The molecular formula is C50H64. The van der Waals surface area contributed by atoms with Gasteiger partial charge in [0.1, 0.15) is 0 Å². The van der Waals surface area contributed by atoms with E-state index in [-0.39, 0.29) is 0 Å². The standard InChI is InChI=1S/C50H64/c1-3-5-7-9-11-13-15-17-19-21-23-39-25-29-43-41(37-39)27-31-47-45(43)33-35-50-48-32-28-42-38-40(26-30-44(42)46(48)34-36-49(47)50)24-22-20-18-16-14-12-10-8-6-4-2/h25-38H,3-24H2,1-2H3. The van der Waals surface area contributed by atoms with Crippen molar-refractivity contribution < 1.29 is 0 Å². The molecule has 0 aliphatic heterocycles. The Balaban J connectivity index is 1.07. The topological polar surface area (TPSA) is 0 Å². The van der Waals surface area contributed by atoms with Crippen molar-refractivity contribution in [1.82, 2.24) is 0 Å². The van der Waals surface area contributed by atoms with Gasteiger partial charge >= 0.3 is 0 Å². The number of rotatable bonds is 22. The number of fused-ring (bicyclic) bond motifs is 9. The number of aryl methyl sites for hydroxylation is 2. The van der Waals surface area contributed by atoms with Gasteiger partial charge in [-0.1, -0.05) is 214 Å². The van der Waals surface area contributed by atoms with E-state index in [9.17, 15) is 0 Å². The molecule has 0 bridgehead atoms. The fraction of sp³-hybridized carbons (Fsp3) is 0.480. The first kappa shape index (κ1) is 36.4. The Morgan fingerprint density at radius 2 is 0.520 bits per heavy atom. The number of benzene rings is 6. The fourth-order valence-corrected chi connectivity index (χ4v) is 8.56. The molecule has 0 heteroatoms. The minimum atomic E-state index is 1.20. The van der Waals surface area contributed by atoms with Crippen LogP contribution in [0.2, 0.25) is 0 Å². The van der Waals surface area contributed by atoms with Crippen molar-refractivity contribution in [2.75, 3.05) is 0 Å². The van der Waals surface area contributed by atoms with Crippen molar-refractivity contribution in [2.24, 2.45) is 0 Å². The lowest BCUT2D eigenvalue weighted by Crippen LogP contribution is -1.89. The minimum absolute atomic E-state index is 1.20. The molecule has 0 aliphatic rings. The van der Waals surface area contributed by atoms with Gasteiger partial charge in [0.15, 0.2) is 0 Å². The molecule has 0 aromatic heterocycles. The quantitative estimate of drug-likeness (QED) is 0.0500. The van der Waals surface area contributed by atoms with Crippen LogP contribution < -0.4 is 0 Å². The molecule has 0 fully saturated rings. The zero-order valence-corrected chi connectivity index (χ0v) is 31.6. The van der Waals surface area contributed by atoms with Gasteiger partial charge in [0.2, 0.25) is 0 Å². The first-order valence-electron chi connectivity index (χ1n) is 21.0. The predicted octanol–water partition coefficient (Wildman–Crippen LogP) is 16.4. The summed E-state index contributed by atoms with van der Waals surface area (Å²) in [4.78, 5) is 0. The maximum absolute atomic E-state index is 2.45. The van der Waals surface area contributed by atoms with Crippen LogP contribution in [0.3, 0.4) is 0 Å². The Kier molecular flexibility index (Phi) is 14.0. The molecule has 0 unspecified atom stereocenters. The summed E-state index contributed by atoms with van der Waals surface area (Å²) >= 11 is 0. The van der Waals surface area contributed by atoms with E-state index in [4.69, 9.17) is 0 Å². The maximum atomic E-state index is 2.45. The van der Waals surface area contributed by atoms with Crippen molar-refractivity contribution in [3.05, 3.63) is 96.1 Å². The third-order valence-corrected chi connectivity index (χ3v) is 11.6. The third-order valence-electron chi connectivity index (χ3n) is 11.6. The highest BCUT2D eigenvalue weighted by Gasteiger charge is 2.10. The van der Waals surface area contributed by atoms with E-state index in [0.717, 1.165) is 0 Å². The zero-order valence-electron chi connectivity index (χ0n) is 31.6. The zero-order chi connectivity index (χ0) is 34.4. The number of hydrogen-bond acceptors (Lipinski definition) is 0. The molecule has 0 N–H and O–H groups in total. The van der Waals surface area contributed by atoms with Crippen LogP contribution in [-0.4, -0.2) is 0 Å². The second-order valence-electron chi connectivity index (χ2n) is 15.5. The molecule has 0 saturated carbocycles. The molecule has 0 atom stereocenters. The molecule has 6 rings (SSSR count). The highest BCUT2D eigenvalue weighted by Crippen LogP contribution is 2.37. The van der Waals surface area contributed by atoms with Crippen LogP contribution in [0.1, 0.15) is 153 Å². The molecule has 6 aromatic carbocycles. The summed E-state index contributed by atoms with van der Waals surface area (Å²) in [5.41, 5.74) is 2.98. The molecule has 0 aliphatic carbocycles. The number of unbranched alkanes of at least 4 members (excludes halogenated alkanes) is 18. The van der Waals surface area contributed by atoms with Gasteiger partial charge in [-0.3, -0.25) is 0 Å². The Hall–Kier alpha value is -3.38. The molecular weight excluding hydrogens is 601 g/mol. The van der Waals surface area contributed by atoms with Gasteiger partial charge in [0, 0.05) is 0 Å². The van der Waals surface area contributed by atoms with E-state index in [0.29, 0.717) is 0 Å². The Morgan fingerprint density at radius 3 is 0.860 bits per heavy atom. The van der Waals surface area contributed by atoms with Gasteiger partial charge in [-0.2, -0.15) is 0 Å². The molecule has 0 nitrogen and oxygen atoms in total. The normalized spacial score (nSPS) is 12.0. The molecule has 0 spiro atoms. The molecule has 0 amide bonds. The molecule has 0 saturated heterocycles. The highest BCUT2D eigenvalue weighted by molar-refractivity contribution is 6.25. The monoisotopic (exact) mass is 665 g/mol. The van der Waals surface area contributed by atoms with Crippen LogP contribution in [-0.2, 0) is 12.8 Å². The molecule has 264 valence electrons. The van der Waals surface area contributed by atoms with E-state index in [1.807, 2.05) is 0 Å². The van der Waals surface area contributed by atoms with Gasteiger partial charge in [-0.25, -0.2) is 0 Å². The smallest absolute Gasteiger partial charge is 0.00987 e. The molecule has 6 aromatic rings. The van der Waals surface area contributed by atoms with Gasteiger partial charge in [0.25, 0.3) is 0 Å². The summed E-state index contributed by atoms with van der Waals surface area (Å²) in [7, 11) is 0. The van der Waals surface area contributed by atoms with Gasteiger partial charge in [-0.05, 0) is 90.7 Å². The van der Waals surface area contributed by atoms with Crippen LogP contribution >= 0.6 is 0 Å². The lowest BCUT2D eigenvalue weighted by Gasteiger charge is -2.13. The van der Waals surface area contributed by atoms with E-state index in [1.165, 1.54) is 206 Å². The van der Waals surface area contributed by atoms with Crippen LogP contribution in [0.4, 0.5) is 0 Å². The first-order valence-corrected chi connectivity index (χ1v) is 21.0. The average Bonchev–Trinajstić information content (AvgIpc) is 3.15. The fourth-order valence-electron chi connectivity index (χ4n) is 8.56. The van der Waals surface area contributed by atoms with Gasteiger partial charge in [-0.15, -0.1) is 0 Å². The Labute approximate surface area is 304 Å². The summed E-state index contributed by atoms with van der Waals surface area (Å²) in [5.74, 6) is 0. The molecule has 0 heterocycles. The summed E-state index contributed by atoms with van der Waals surface area (Å²) in [6.45, 7) is 4.60. The van der Waals surface area contributed by atoms with Crippen LogP contribution in [0.5, 0.6) is 0 Å². The van der Waals surface area contributed by atoms with Crippen LogP contribution in [0, 0.1) is 0 Å². The lowest BCUT2D eigenvalue weighted by atomic mass is 9.91. The average molecular weight is 665 g/mol. The highest BCUT2D eigenvalue weighted by atomic mass is 14.1. The van der Waals surface area contributed by atoms with Crippen LogP contribution in [0.15, 0.2) is 84.9 Å². The van der Waals surface area contributed by atoms with Crippen LogP contribution in [0.25, 0.3) is 53.9 Å². The van der Waals surface area contributed by atoms with E-state index in [2.05, 4.69) is 98.8 Å². The largest absolute Gasteiger partial charge is 0.0654 e. The second-order valence-corrected chi connectivity index (χ2v) is 15.5. The van der Waals surface area contributed by atoms with E-state index in [1.54, 1.807) is 0 Å². The number of hydrogen-bond donors (Lipinski definition) is 0. The van der Waals surface area contributed by atoms with E-state index < -0.39 is 0 Å². The van der Waals surface area contributed by atoms with Crippen molar-refractivity contribution in [2.45, 2.75) is 155 Å². The van der Waals surface area contributed by atoms with Crippen molar-refractivity contribution in [1.29, 1.82) is 0 Å². The van der Waals surface area contributed by atoms with Crippen molar-refractivity contribution >= 4 is 53.9 Å². The SMILES string of the molecule is CCCCCCCCCCCCc1ccc2c(ccc3c2ccc2c4ccc5cc(CCCCCCCCCCCC)ccc5c4ccc32)c1. The molecule has 0 radical (unpaired) electrons. The van der Waals surface area contributed by atoms with Crippen molar-refractivity contribution in [3.63, 3.8) is 0 Å². The van der Waals surface area contributed by atoms with Gasteiger partial charge in [0.05, 0.1) is 0 Å². The van der Waals surface area contributed by atoms with Crippen molar-refractivity contribution in [3.8, 4) is 0 Å². The maximum Gasteiger partial charge on any atom is -0.00987 e. The summed E-state index contributed by atoms with van der Waals surface area (Å²) in [6.07, 6.45) is 30.3. The lowest BCUT2D eigenvalue weighted by molar-refractivity contribution is 0.556. The summed E-state index contributed by atoms with van der Waals surface area (Å²) in [5, 5.41) is 13.7. The third kappa shape index (κ3) is 9.48. The minimum Gasteiger partial charge on any atom is -0.0654 e.